The van der Waals surface area contributed by atoms with Crippen molar-refractivity contribution in [2.75, 3.05) is 17.5 Å². The number of aryl methyl sites for hydroxylation is 1. The van der Waals surface area contributed by atoms with Crippen LogP contribution in [0.25, 0.3) is 0 Å². The highest BCUT2D eigenvalue weighted by Gasteiger charge is 2.71. The molecule has 0 aromatic heterocycles. The molecule has 0 radical (unpaired) electrons. The minimum absolute atomic E-state index is 0.00262. The van der Waals surface area contributed by atoms with Gasteiger partial charge in [-0.05, 0) is 55.7 Å². The number of alkyl halides is 6. The summed E-state index contributed by atoms with van der Waals surface area (Å²) >= 11 is 0. The molecule has 1 saturated heterocycles. The maximum absolute atomic E-state index is 13.7. The normalized spacial score (nSPS) is 23.9. The minimum Gasteiger partial charge on any atom is -0.387 e. The van der Waals surface area contributed by atoms with Crippen LogP contribution in [0, 0.1) is 11.7 Å². The van der Waals surface area contributed by atoms with Crippen molar-refractivity contribution in [3.63, 3.8) is 0 Å². The molecule has 0 amide bonds. The number of nitrogens with zero attached hydrogens (tertiary/aromatic N) is 1. The quantitative estimate of drug-likeness (QED) is 0.449. The molecule has 2 aromatic rings. The number of carbonyl (C=O) groups excluding carboxylic acids is 1. The van der Waals surface area contributed by atoms with Gasteiger partial charge in [0.05, 0.1) is 35.4 Å². The largest absolute Gasteiger partial charge is 0.430 e. The Hall–Kier alpha value is -2.75. The van der Waals surface area contributed by atoms with Gasteiger partial charge in [0.2, 0.25) is 0 Å². The predicted molar refractivity (Wildman–Crippen MR) is 130 cm³/mol. The molecule has 15 heteroatoms. The van der Waals surface area contributed by atoms with Gasteiger partial charge >= 0.3 is 12.4 Å². The van der Waals surface area contributed by atoms with Gasteiger partial charge in [-0.3, -0.25) is 9.10 Å². The number of hydrogen-bond donors (Lipinski definition) is 2. The third-order valence-electron chi connectivity index (χ3n) is 7.53. The maximum atomic E-state index is 13.7. The Balaban J connectivity index is 1.77. The fraction of sp³-hybridized carbons (Fsp3) is 0.500. The number of hydrogen-bond acceptors (Lipinski definition) is 6. The van der Waals surface area contributed by atoms with E-state index >= 15 is 0 Å². The molecular weight excluding hydrogens is 587 g/mol. The van der Waals surface area contributed by atoms with Gasteiger partial charge in [-0.1, -0.05) is 12.1 Å². The van der Waals surface area contributed by atoms with E-state index in [4.69, 9.17) is 4.74 Å². The molecule has 41 heavy (non-hydrogen) atoms. The Morgan fingerprint density at radius 1 is 1.05 bits per heavy atom. The van der Waals surface area contributed by atoms with Gasteiger partial charge in [-0.2, -0.15) is 26.3 Å². The van der Waals surface area contributed by atoms with Crippen molar-refractivity contribution in [2.24, 2.45) is 5.92 Å². The fourth-order valence-electron chi connectivity index (χ4n) is 5.19. The van der Waals surface area contributed by atoms with Crippen molar-refractivity contribution in [2.45, 2.75) is 67.1 Å². The van der Waals surface area contributed by atoms with Crippen LogP contribution in [0.1, 0.15) is 37.3 Å². The number of Topliss-reactive ketones (excluding diaryl/α,β-unsaturated/α-hetero) is 1. The second-order valence-electron chi connectivity index (χ2n) is 10.5. The molecule has 0 aliphatic carbocycles. The minimum atomic E-state index is -6.14. The van der Waals surface area contributed by atoms with Crippen LogP contribution >= 0.6 is 0 Å². The molecule has 2 unspecified atom stereocenters. The fourth-order valence-corrected chi connectivity index (χ4v) is 6.90. The number of aliphatic hydroxyl groups is 2. The number of fused-ring (bicyclic) bond motifs is 1. The summed E-state index contributed by atoms with van der Waals surface area (Å²) in [6.07, 6.45) is -13.2. The van der Waals surface area contributed by atoms with Crippen molar-refractivity contribution in [3.05, 3.63) is 59.4 Å². The Labute approximate surface area is 230 Å². The first-order valence-corrected chi connectivity index (χ1v) is 13.8. The van der Waals surface area contributed by atoms with Gasteiger partial charge in [0, 0.05) is 24.3 Å². The van der Waals surface area contributed by atoms with Crippen LogP contribution in [-0.2, 0) is 31.6 Å². The highest BCUT2D eigenvalue weighted by molar-refractivity contribution is 7.92. The smallest absolute Gasteiger partial charge is 0.387 e. The third kappa shape index (κ3) is 5.68. The molecule has 3 atom stereocenters. The van der Waals surface area contributed by atoms with E-state index < -0.39 is 67.6 Å². The van der Waals surface area contributed by atoms with Gasteiger partial charge in [-0.15, -0.1) is 0 Å². The Morgan fingerprint density at radius 3 is 2.20 bits per heavy atom. The van der Waals surface area contributed by atoms with E-state index in [1.165, 1.54) is 6.92 Å². The van der Waals surface area contributed by atoms with Gasteiger partial charge in [-0.25, -0.2) is 12.8 Å². The molecular formula is C26H26F7NO6S. The van der Waals surface area contributed by atoms with Gasteiger partial charge < -0.3 is 14.9 Å². The van der Waals surface area contributed by atoms with E-state index in [2.05, 4.69) is 0 Å². The molecule has 4 rings (SSSR count). The van der Waals surface area contributed by atoms with E-state index in [1.807, 2.05) is 0 Å². The summed E-state index contributed by atoms with van der Waals surface area (Å²) in [6, 6.07) is 3.99. The molecule has 2 aliphatic heterocycles. The SMILES string of the molecule is CC1(O)COCC1CC(=O)C[C@@H]1CCc2cc(C(O)(C(F)(F)F)C(F)(F)F)ccc2N1S(=O)(=O)c1ccc(F)cc1. The van der Waals surface area contributed by atoms with Crippen molar-refractivity contribution in [1.82, 2.24) is 0 Å². The van der Waals surface area contributed by atoms with Crippen molar-refractivity contribution in [3.8, 4) is 0 Å². The number of ketones is 1. The number of halogens is 7. The predicted octanol–water partition coefficient (Wildman–Crippen LogP) is 4.39. The van der Waals surface area contributed by atoms with Crippen LogP contribution in [0.5, 0.6) is 0 Å². The van der Waals surface area contributed by atoms with Gasteiger partial charge in [0.15, 0.2) is 0 Å². The molecule has 1 fully saturated rings. The first kappa shape index (κ1) is 31.2. The van der Waals surface area contributed by atoms with E-state index in [9.17, 15) is 54.2 Å². The molecule has 0 spiro atoms. The topological polar surface area (TPSA) is 104 Å². The van der Waals surface area contributed by atoms with E-state index in [1.54, 1.807) is 0 Å². The summed E-state index contributed by atoms with van der Waals surface area (Å²) < 4.78 is 128. The summed E-state index contributed by atoms with van der Waals surface area (Å²) in [5.74, 6) is -1.78. The molecule has 2 N–H and O–H groups in total. The second-order valence-corrected chi connectivity index (χ2v) is 12.3. The highest BCUT2D eigenvalue weighted by atomic mass is 32.2. The van der Waals surface area contributed by atoms with Crippen LogP contribution < -0.4 is 4.31 Å². The monoisotopic (exact) mass is 613 g/mol. The molecule has 7 nitrogen and oxygen atoms in total. The third-order valence-corrected chi connectivity index (χ3v) is 9.41. The second kappa shape index (κ2) is 10.5. The first-order valence-electron chi connectivity index (χ1n) is 12.4. The molecule has 2 aliphatic rings. The number of rotatable bonds is 7. The van der Waals surface area contributed by atoms with Gasteiger partial charge in [0.25, 0.3) is 15.6 Å². The van der Waals surface area contributed by atoms with Crippen LogP contribution in [0.2, 0.25) is 0 Å². The van der Waals surface area contributed by atoms with Crippen molar-refractivity contribution < 1.29 is 58.9 Å². The van der Waals surface area contributed by atoms with E-state index in [-0.39, 0.29) is 50.1 Å². The lowest BCUT2D eigenvalue weighted by Crippen LogP contribution is -2.54. The Kier molecular flexibility index (Phi) is 7.99. The molecule has 2 aromatic carbocycles. The molecule has 2 heterocycles. The standard InChI is InChI=1S/C26H26F7NO6S/c1-23(36)14-40-13-17(23)11-20(35)12-19-6-2-15-10-16(24(37,25(28,29)30)26(31,32)33)3-9-22(15)34(19)41(38,39)21-7-4-18(27)5-8-21/h3-5,7-10,17,19,36-37H,2,6,11-14H2,1H3/t17?,19-,23?/m0/s1. The summed E-state index contributed by atoms with van der Waals surface area (Å²) in [7, 11) is -4.61. The van der Waals surface area contributed by atoms with Gasteiger partial charge in [0.1, 0.15) is 11.6 Å². The number of ether oxygens (including phenoxy) is 1. The number of anilines is 1. The van der Waals surface area contributed by atoms with Crippen LogP contribution in [0.15, 0.2) is 47.4 Å². The summed E-state index contributed by atoms with van der Waals surface area (Å²) in [4.78, 5) is 12.6. The number of benzene rings is 2. The van der Waals surface area contributed by atoms with Crippen LogP contribution in [0.4, 0.5) is 36.4 Å². The zero-order chi connectivity index (χ0) is 30.6. The van der Waals surface area contributed by atoms with Crippen LogP contribution in [-0.4, -0.2) is 61.6 Å². The van der Waals surface area contributed by atoms with Crippen molar-refractivity contribution in [1.29, 1.82) is 0 Å². The lowest BCUT2D eigenvalue weighted by atomic mass is 9.85. The molecule has 0 saturated carbocycles. The molecule has 0 bridgehead atoms. The lowest BCUT2D eigenvalue weighted by Gasteiger charge is -2.39. The van der Waals surface area contributed by atoms with Crippen LogP contribution in [0.3, 0.4) is 0 Å². The summed E-state index contributed by atoms with van der Waals surface area (Å²) in [5, 5.41) is 20.2. The number of sulfonamides is 1. The Morgan fingerprint density at radius 2 is 1.66 bits per heavy atom. The maximum Gasteiger partial charge on any atom is 0.430 e. The van der Waals surface area contributed by atoms with E-state index in [0.29, 0.717) is 12.1 Å². The lowest BCUT2D eigenvalue weighted by molar-refractivity contribution is -0.376. The zero-order valence-corrected chi connectivity index (χ0v) is 22.3. The Bertz CT molecular complexity index is 1390. The van der Waals surface area contributed by atoms with E-state index in [0.717, 1.165) is 34.6 Å². The molecule has 226 valence electrons. The first-order chi connectivity index (χ1) is 18.8. The highest BCUT2D eigenvalue weighted by Crippen LogP contribution is 2.51. The zero-order valence-electron chi connectivity index (χ0n) is 21.5. The van der Waals surface area contributed by atoms with Crippen molar-refractivity contribution >= 4 is 21.5 Å². The summed E-state index contributed by atoms with van der Waals surface area (Å²) in [5.41, 5.74) is -8.59. The summed E-state index contributed by atoms with van der Waals surface area (Å²) in [6.45, 7) is 1.58. The average Bonchev–Trinajstić information content (AvgIpc) is 3.18. The average molecular weight is 614 g/mol. The number of carbonyl (C=O) groups is 1.